The second-order valence-electron chi connectivity index (χ2n) is 5.82. The summed E-state index contributed by atoms with van der Waals surface area (Å²) in [5, 5.41) is 14.3. The fraction of sp³-hybridized carbons (Fsp3) is 0.467. The molecule has 3 N–H and O–H groups in total. The molecule has 1 saturated heterocycles. The number of aromatic nitrogens is 2. The number of nitrogens with one attached hydrogen (secondary N) is 3. The molecule has 0 radical (unpaired) electrons. The van der Waals surface area contributed by atoms with Gasteiger partial charge in [-0.1, -0.05) is 0 Å². The summed E-state index contributed by atoms with van der Waals surface area (Å²) in [6.07, 6.45) is 0. The number of non-ortho nitro benzene ring substituents is 1. The van der Waals surface area contributed by atoms with Crippen molar-refractivity contribution in [2.75, 3.05) is 39.4 Å². The average Bonchev–Trinajstić information content (AvgIpc) is 2.60. The lowest BCUT2D eigenvalue weighted by atomic mass is 10.1. The number of rotatable bonds is 6. The van der Waals surface area contributed by atoms with E-state index < -0.39 is 16.0 Å². The average molecular weight is 349 g/mol. The van der Waals surface area contributed by atoms with Gasteiger partial charge < -0.3 is 20.0 Å². The van der Waals surface area contributed by atoms with Gasteiger partial charge in [0.05, 0.1) is 29.2 Å². The number of nitrogens with zero attached hydrogens (tertiary/aromatic N) is 2. The fourth-order valence-corrected chi connectivity index (χ4v) is 2.81. The number of benzene rings is 1. The van der Waals surface area contributed by atoms with Crippen molar-refractivity contribution in [1.82, 2.24) is 20.2 Å². The monoisotopic (exact) mass is 349 g/mol. The van der Waals surface area contributed by atoms with Crippen molar-refractivity contribution in [3.8, 4) is 0 Å². The second-order valence-corrected chi connectivity index (χ2v) is 5.82. The van der Waals surface area contributed by atoms with Gasteiger partial charge in [-0.15, -0.1) is 0 Å². The van der Waals surface area contributed by atoms with E-state index in [2.05, 4.69) is 20.2 Å². The first kappa shape index (κ1) is 17.3. The van der Waals surface area contributed by atoms with Crippen LogP contribution in [0.3, 0.4) is 0 Å². The van der Waals surface area contributed by atoms with Crippen molar-refractivity contribution in [3.05, 3.63) is 48.5 Å². The number of fused-ring (bicyclic) bond motifs is 1. The van der Waals surface area contributed by atoms with Gasteiger partial charge in [0.15, 0.2) is 0 Å². The molecular weight excluding hydrogens is 330 g/mol. The van der Waals surface area contributed by atoms with E-state index in [1.165, 1.54) is 12.1 Å². The highest BCUT2D eigenvalue weighted by Gasteiger charge is 2.14. The first-order valence-electron chi connectivity index (χ1n) is 7.99. The van der Waals surface area contributed by atoms with Crippen molar-refractivity contribution in [2.24, 2.45) is 0 Å². The van der Waals surface area contributed by atoms with Crippen molar-refractivity contribution in [3.63, 3.8) is 0 Å². The zero-order valence-corrected chi connectivity index (χ0v) is 13.5. The van der Waals surface area contributed by atoms with Crippen LogP contribution in [0.2, 0.25) is 0 Å². The maximum atomic E-state index is 11.6. The molecule has 0 amide bonds. The molecular formula is C15H19N5O5. The van der Waals surface area contributed by atoms with Crippen LogP contribution in [-0.4, -0.2) is 59.2 Å². The smallest absolute Gasteiger partial charge is 0.314 e. The highest BCUT2D eigenvalue weighted by atomic mass is 16.6. The van der Waals surface area contributed by atoms with Crippen LogP contribution in [0.15, 0.2) is 21.7 Å². The summed E-state index contributed by atoms with van der Waals surface area (Å²) in [4.78, 5) is 40.7. The number of nitro benzene ring substituents is 1. The molecule has 134 valence electrons. The minimum Gasteiger partial charge on any atom is -0.379 e. The molecule has 2 heterocycles. The molecule has 1 aliphatic rings. The lowest BCUT2D eigenvalue weighted by Gasteiger charge is -2.26. The molecule has 1 aliphatic heterocycles. The molecule has 0 saturated carbocycles. The van der Waals surface area contributed by atoms with E-state index in [1.807, 2.05) is 0 Å². The third kappa shape index (κ3) is 4.10. The zero-order valence-electron chi connectivity index (χ0n) is 13.5. The summed E-state index contributed by atoms with van der Waals surface area (Å²) in [5.41, 5.74) is -0.562. The Balaban J connectivity index is 1.76. The zero-order chi connectivity index (χ0) is 17.8. The van der Waals surface area contributed by atoms with Gasteiger partial charge in [-0.2, -0.15) is 0 Å². The van der Waals surface area contributed by atoms with Gasteiger partial charge in [-0.25, -0.2) is 0 Å². The van der Waals surface area contributed by atoms with Gasteiger partial charge >= 0.3 is 11.1 Å². The molecule has 3 rings (SSSR count). The SMILES string of the molecule is O=c1[nH]c2cc([N+](=O)[O-])cc(CNCCN3CCOCC3)c2[nH]c1=O. The van der Waals surface area contributed by atoms with Gasteiger partial charge in [0.25, 0.3) is 5.69 Å². The van der Waals surface area contributed by atoms with Gasteiger partial charge in [-0.05, 0) is 5.56 Å². The predicted molar refractivity (Wildman–Crippen MR) is 90.8 cm³/mol. The van der Waals surface area contributed by atoms with Crippen LogP contribution in [-0.2, 0) is 11.3 Å². The molecule has 25 heavy (non-hydrogen) atoms. The summed E-state index contributed by atoms with van der Waals surface area (Å²) in [7, 11) is 0. The number of nitro groups is 1. The maximum Gasteiger partial charge on any atom is 0.314 e. The van der Waals surface area contributed by atoms with Crippen molar-refractivity contribution in [1.29, 1.82) is 0 Å². The molecule has 2 aromatic rings. The molecule has 0 bridgehead atoms. The van der Waals surface area contributed by atoms with E-state index in [1.54, 1.807) is 0 Å². The first-order valence-corrected chi connectivity index (χ1v) is 7.99. The van der Waals surface area contributed by atoms with Gasteiger partial charge in [0, 0.05) is 44.9 Å². The molecule has 0 atom stereocenters. The summed E-state index contributed by atoms with van der Waals surface area (Å²) in [6.45, 7) is 5.09. The molecule has 1 aromatic carbocycles. The Hall–Kier alpha value is -2.56. The summed E-state index contributed by atoms with van der Waals surface area (Å²) in [5.74, 6) is 0. The number of H-pyrrole nitrogens is 2. The molecule has 1 fully saturated rings. The van der Waals surface area contributed by atoms with E-state index in [-0.39, 0.29) is 11.2 Å². The van der Waals surface area contributed by atoms with Crippen molar-refractivity contribution < 1.29 is 9.66 Å². The number of aromatic amines is 2. The quantitative estimate of drug-likeness (QED) is 0.278. The van der Waals surface area contributed by atoms with E-state index in [9.17, 15) is 19.7 Å². The number of hydrogen-bond donors (Lipinski definition) is 3. The standard InChI is InChI=1S/C15H19N5O5/c21-14-15(22)18-13-10(7-11(20(23)24)8-12(13)17-14)9-16-1-2-19-3-5-25-6-4-19/h7-8,16H,1-6,9H2,(H,17,21)(H,18,22). The molecule has 10 nitrogen and oxygen atoms in total. The Morgan fingerprint density at radius 1 is 1.20 bits per heavy atom. The van der Waals surface area contributed by atoms with E-state index >= 15 is 0 Å². The van der Waals surface area contributed by atoms with Crippen LogP contribution in [0, 0.1) is 10.1 Å². The van der Waals surface area contributed by atoms with Crippen LogP contribution >= 0.6 is 0 Å². The molecule has 10 heteroatoms. The van der Waals surface area contributed by atoms with Crippen LogP contribution in [0.1, 0.15) is 5.56 Å². The van der Waals surface area contributed by atoms with Crippen molar-refractivity contribution >= 4 is 16.7 Å². The number of ether oxygens (including phenoxy) is 1. The number of hydrogen-bond acceptors (Lipinski definition) is 7. The van der Waals surface area contributed by atoms with E-state index in [0.717, 1.165) is 32.8 Å². The Kier molecular flexibility index (Phi) is 5.22. The molecule has 1 aromatic heterocycles. The van der Waals surface area contributed by atoms with E-state index in [0.29, 0.717) is 24.2 Å². The molecule has 0 aliphatic carbocycles. The van der Waals surface area contributed by atoms with Gasteiger partial charge in [-0.3, -0.25) is 24.6 Å². The Bertz CT molecular complexity index is 884. The lowest BCUT2D eigenvalue weighted by Crippen LogP contribution is -2.40. The van der Waals surface area contributed by atoms with Crippen molar-refractivity contribution in [2.45, 2.75) is 6.54 Å². The third-order valence-corrected chi connectivity index (χ3v) is 4.13. The third-order valence-electron chi connectivity index (χ3n) is 4.13. The number of morpholine rings is 1. The fourth-order valence-electron chi connectivity index (χ4n) is 2.81. The lowest BCUT2D eigenvalue weighted by molar-refractivity contribution is -0.384. The minimum absolute atomic E-state index is 0.139. The van der Waals surface area contributed by atoms with Crippen LogP contribution in [0.25, 0.3) is 11.0 Å². The van der Waals surface area contributed by atoms with E-state index in [4.69, 9.17) is 4.74 Å². The highest BCUT2D eigenvalue weighted by molar-refractivity contribution is 5.80. The normalized spacial score (nSPS) is 15.5. The highest BCUT2D eigenvalue weighted by Crippen LogP contribution is 2.21. The van der Waals surface area contributed by atoms with Crippen LogP contribution in [0.5, 0.6) is 0 Å². The largest absolute Gasteiger partial charge is 0.379 e. The van der Waals surface area contributed by atoms with Gasteiger partial charge in [0.2, 0.25) is 0 Å². The summed E-state index contributed by atoms with van der Waals surface area (Å²) < 4.78 is 5.29. The molecule has 0 spiro atoms. The van der Waals surface area contributed by atoms with Crippen LogP contribution in [0.4, 0.5) is 5.69 Å². The topological polar surface area (TPSA) is 133 Å². The Morgan fingerprint density at radius 2 is 1.92 bits per heavy atom. The predicted octanol–water partition coefficient (Wildman–Crippen LogP) is -0.454. The minimum atomic E-state index is -0.834. The summed E-state index contributed by atoms with van der Waals surface area (Å²) in [6, 6.07) is 2.64. The maximum absolute atomic E-state index is 11.6. The first-order chi connectivity index (χ1) is 12.0. The second kappa shape index (κ2) is 7.55. The summed E-state index contributed by atoms with van der Waals surface area (Å²) >= 11 is 0. The molecule has 0 unspecified atom stereocenters. The Morgan fingerprint density at radius 3 is 2.64 bits per heavy atom. The Labute approximate surface area is 142 Å². The van der Waals surface area contributed by atoms with Gasteiger partial charge in [0.1, 0.15) is 0 Å². The van der Waals surface area contributed by atoms with Crippen LogP contribution < -0.4 is 16.4 Å².